The third-order valence-corrected chi connectivity index (χ3v) is 5.57. The number of carbonyl (C=O) groups is 1. The number of benzene rings is 1. The number of ether oxygens (including phenoxy) is 1. The van der Waals surface area contributed by atoms with Gasteiger partial charge >= 0.3 is 0 Å². The molecule has 1 aromatic rings. The lowest BCUT2D eigenvalue weighted by molar-refractivity contribution is -0.122. The molecular formula is C21H34N4O2. The van der Waals surface area contributed by atoms with Gasteiger partial charge in [0.1, 0.15) is 0 Å². The largest absolute Gasteiger partial charge is 0.375 e. The summed E-state index contributed by atoms with van der Waals surface area (Å²) in [7, 11) is 2.08. The molecule has 1 N–H and O–H groups in total. The average Bonchev–Trinajstić information content (AvgIpc) is 2.99. The Labute approximate surface area is 163 Å². The molecule has 0 aromatic heterocycles. The van der Waals surface area contributed by atoms with Gasteiger partial charge in [0.05, 0.1) is 12.1 Å². The predicted octanol–water partition coefficient (Wildman–Crippen LogP) is 1.34. The van der Waals surface area contributed by atoms with Gasteiger partial charge in [-0.25, -0.2) is 0 Å². The lowest BCUT2D eigenvalue weighted by Gasteiger charge is -2.36. The van der Waals surface area contributed by atoms with Crippen LogP contribution in [0.4, 0.5) is 5.69 Å². The van der Waals surface area contributed by atoms with Gasteiger partial charge in [-0.15, -0.1) is 0 Å². The highest BCUT2D eigenvalue weighted by Crippen LogP contribution is 2.18. The molecule has 2 atom stereocenters. The number of carbonyl (C=O) groups excluding carboxylic acids is 1. The number of piperazine rings is 1. The Hall–Kier alpha value is -1.63. The van der Waals surface area contributed by atoms with Gasteiger partial charge in [0.25, 0.3) is 0 Å². The summed E-state index contributed by atoms with van der Waals surface area (Å²) in [5.41, 5.74) is 2.61. The van der Waals surface area contributed by atoms with Gasteiger partial charge in [0.15, 0.2) is 0 Å². The number of likely N-dealkylation sites (tertiary alicyclic amines) is 1. The van der Waals surface area contributed by atoms with Gasteiger partial charge in [0.2, 0.25) is 5.91 Å². The zero-order valence-electron chi connectivity index (χ0n) is 17.0. The van der Waals surface area contributed by atoms with Crippen molar-refractivity contribution in [3.05, 3.63) is 29.8 Å². The lowest BCUT2D eigenvalue weighted by atomic mass is 10.2. The molecule has 2 aliphatic rings. The van der Waals surface area contributed by atoms with Gasteiger partial charge in [-0.05, 0) is 38.6 Å². The van der Waals surface area contributed by atoms with Gasteiger partial charge in [0, 0.05) is 64.5 Å². The van der Waals surface area contributed by atoms with Crippen molar-refractivity contribution in [2.75, 3.05) is 64.4 Å². The van der Waals surface area contributed by atoms with E-state index in [1.54, 1.807) is 0 Å². The van der Waals surface area contributed by atoms with Crippen molar-refractivity contribution in [1.82, 2.24) is 15.1 Å². The zero-order valence-corrected chi connectivity index (χ0v) is 17.0. The van der Waals surface area contributed by atoms with E-state index in [0.717, 1.165) is 45.8 Å². The summed E-state index contributed by atoms with van der Waals surface area (Å²) in [6.45, 7) is 11.5. The minimum absolute atomic E-state index is 0.112. The van der Waals surface area contributed by atoms with E-state index in [0.29, 0.717) is 13.0 Å². The highest BCUT2D eigenvalue weighted by molar-refractivity contribution is 5.76. The monoisotopic (exact) mass is 374 g/mol. The number of likely N-dealkylation sites (N-methyl/N-ethyl adjacent to an activating group) is 1. The zero-order chi connectivity index (χ0) is 19.2. The summed E-state index contributed by atoms with van der Waals surface area (Å²) >= 11 is 0. The molecule has 0 bridgehead atoms. The van der Waals surface area contributed by atoms with Gasteiger partial charge in [-0.3, -0.25) is 9.69 Å². The quantitative estimate of drug-likeness (QED) is 0.781. The van der Waals surface area contributed by atoms with Crippen LogP contribution in [0, 0.1) is 6.92 Å². The van der Waals surface area contributed by atoms with Crippen LogP contribution >= 0.6 is 0 Å². The van der Waals surface area contributed by atoms with Crippen molar-refractivity contribution in [3.8, 4) is 0 Å². The van der Waals surface area contributed by atoms with Crippen LogP contribution in [0.5, 0.6) is 0 Å². The van der Waals surface area contributed by atoms with Gasteiger partial charge in [-0.2, -0.15) is 0 Å². The maximum absolute atomic E-state index is 12.4. The standard InChI is InChI=1S/C21H34N4O2/c1-4-27-20-16-23(3)15-19(20)22-21(26)8-9-24-10-12-25(13-11-24)18-7-5-6-17(2)14-18/h5-7,14,19-20H,4,8-13,15-16H2,1-3H3,(H,22,26)/t19-,20-/m0/s1. The number of nitrogens with zero attached hydrogens (tertiary/aromatic N) is 3. The first-order valence-electron chi connectivity index (χ1n) is 10.2. The topological polar surface area (TPSA) is 48.1 Å². The Morgan fingerprint density at radius 2 is 2.00 bits per heavy atom. The van der Waals surface area contributed by atoms with Crippen LogP contribution in [0.2, 0.25) is 0 Å². The highest BCUT2D eigenvalue weighted by atomic mass is 16.5. The van der Waals surface area contributed by atoms with Crippen molar-refractivity contribution >= 4 is 11.6 Å². The first-order chi connectivity index (χ1) is 13.0. The van der Waals surface area contributed by atoms with Crippen LogP contribution in [0.1, 0.15) is 18.9 Å². The van der Waals surface area contributed by atoms with Crippen molar-refractivity contribution in [2.24, 2.45) is 0 Å². The normalized spacial score (nSPS) is 24.3. The van der Waals surface area contributed by atoms with E-state index in [2.05, 4.69) is 58.3 Å². The minimum atomic E-state index is 0.112. The highest BCUT2D eigenvalue weighted by Gasteiger charge is 2.32. The third kappa shape index (κ3) is 5.67. The fourth-order valence-electron chi connectivity index (χ4n) is 4.08. The fourth-order valence-corrected chi connectivity index (χ4v) is 4.08. The Morgan fingerprint density at radius 3 is 2.70 bits per heavy atom. The van der Waals surface area contributed by atoms with E-state index in [-0.39, 0.29) is 18.1 Å². The number of hydrogen-bond donors (Lipinski definition) is 1. The molecule has 0 aliphatic carbocycles. The van der Waals surface area contributed by atoms with E-state index in [1.807, 2.05) is 6.92 Å². The van der Waals surface area contributed by atoms with Crippen LogP contribution < -0.4 is 10.2 Å². The summed E-state index contributed by atoms with van der Waals surface area (Å²) in [4.78, 5) is 19.4. The van der Waals surface area contributed by atoms with Crippen LogP contribution in [0.15, 0.2) is 24.3 Å². The molecule has 0 saturated carbocycles. The molecule has 2 fully saturated rings. The number of amides is 1. The number of hydrogen-bond acceptors (Lipinski definition) is 5. The number of aryl methyl sites for hydroxylation is 1. The third-order valence-electron chi connectivity index (χ3n) is 5.57. The second-order valence-corrected chi connectivity index (χ2v) is 7.81. The Kier molecular flexibility index (Phi) is 7.10. The molecule has 0 spiro atoms. The van der Waals surface area contributed by atoms with Crippen LogP contribution in [0.3, 0.4) is 0 Å². The van der Waals surface area contributed by atoms with Gasteiger partial charge < -0.3 is 19.9 Å². The molecule has 1 amide bonds. The Morgan fingerprint density at radius 1 is 1.22 bits per heavy atom. The van der Waals surface area contributed by atoms with E-state index in [1.165, 1.54) is 11.3 Å². The summed E-state index contributed by atoms with van der Waals surface area (Å²) in [5, 5.41) is 3.18. The molecule has 27 heavy (non-hydrogen) atoms. The second kappa shape index (κ2) is 9.53. The molecular weight excluding hydrogens is 340 g/mol. The molecule has 150 valence electrons. The molecule has 2 aliphatic heterocycles. The molecule has 6 nitrogen and oxygen atoms in total. The summed E-state index contributed by atoms with van der Waals surface area (Å²) in [6.07, 6.45) is 0.672. The van der Waals surface area contributed by atoms with Crippen molar-refractivity contribution < 1.29 is 9.53 Å². The Bertz CT molecular complexity index is 616. The van der Waals surface area contributed by atoms with Gasteiger partial charge in [-0.1, -0.05) is 12.1 Å². The van der Waals surface area contributed by atoms with E-state index >= 15 is 0 Å². The summed E-state index contributed by atoms with van der Waals surface area (Å²) in [6, 6.07) is 8.80. The second-order valence-electron chi connectivity index (χ2n) is 7.81. The van der Waals surface area contributed by atoms with Crippen molar-refractivity contribution in [2.45, 2.75) is 32.4 Å². The fraction of sp³-hybridized carbons (Fsp3) is 0.667. The number of anilines is 1. The summed E-state index contributed by atoms with van der Waals surface area (Å²) in [5.74, 6) is 0.140. The maximum atomic E-state index is 12.4. The molecule has 6 heteroatoms. The first-order valence-corrected chi connectivity index (χ1v) is 10.2. The number of rotatable bonds is 7. The smallest absolute Gasteiger partial charge is 0.221 e. The predicted molar refractivity (Wildman–Crippen MR) is 109 cm³/mol. The van der Waals surface area contributed by atoms with Crippen LogP contribution in [-0.2, 0) is 9.53 Å². The SMILES string of the molecule is CCO[C@H]1CN(C)C[C@@H]1NC(=O)CCN1CCN(c2cccc(C)c2)CC1. The molecule has 1 aromatic carbocycles. The van der Waals surface area contributed by atoms with E-state index < -0.39 is 0 Å². The van der Waals surface area contributed by atoms with Crippen LogP contribution in [-0.4, -0.2) is 87.3 Å². The summed E-state index contributed by atoms with van der Waals surface area (Å²) < 4.78 is 5.77. The van der Waals surface area contributed by atoms with E-state index in [9.17, 15) is 4.79 Å². The Balaban J connectivity index is 1.39. The van der Waals surface area contributed by atoms with Crippen molar-refractivity contribution in [1.29, 1.82) is 0 Å². The minimum Gasteiger partial charge on any atom is -0.375 e. The molecule has 0 radical (unpaired) electrons. The maximum Gasteiger partial charge on any atom is 0.221 e. The van der Waals surface area contributed by atoms with Crippen LogP contribution in [0.25, 0.3) is 0 Å². The first kappa shape index (κ1) is 20.1. The molecule has 0 unspecified atom stereocenters. The average molecular weight is 375 g/mol. The molecule has 2 saturated heterocycles. The lowest BCUT2D eigenvalue weighted by Crippen LogP contribution is -2.48. The van der Waals surface area contributed by atoms with E-state index in [4.69, 9.17) is 4.74 Å². The number of nitrogens with one attached hydrogen (secondary N) is 1. The molecule has 3 rings (SSSR count). The van der Waals surface area contributed by atoms with Crippen molar-refractivity contribution in [3.63, 3.8) is 0 Å². The molecule has 2 heterocycles.